The van der Waals surface area contributed by atoms with Gasteiger partial charge in [-0.25, -0.2) is 8.42 Å². The van der Waals surface area contributed by atoms with Crippen LogP contribution in [0, 0.1) is 0 Å². The topological polar surface area (TPSA) is 46.2 Å². The maximum atomic E-state index is 11.1. The predicted octanol–water partition coefficient (Wildman–Crippen LogP) is 2.79. The summed E-state index contributed by atoms with van der Waals surface area (Å²) in [6.45, 7) is 2.97. The van der Waals surface area contributed by atoms with E-state index in [9.17, 15) is 8.42 Å². The van der Waals surface area contributed by atoms with Crippen molar-refractivity contribution in [3.63, 3.8) is 0 Å². The van der Waals surface area contributed by atoms with Gasteiger partial charge in [0.1, 0.15) is 9.84 Å². The fourth-order valence-electron chi connectivity index (χ4n) is 2.11. The van der Waals surface area contributed by atoms with Crippen molar-refractivity contribution in [3.8, 4) is 0 Å². The molecule has 3 nitrogen and oxygen atoms in total. The molecule has 0 heterocycles. The molecule has 0 aromatic heterocycles. The van der Waals surface area contributed by atoms with E-state index in [1.807, 2.05) is 12.1 Å². The third kappa shape index (κ3) is 7.70. The molecule has 0 aliphatic carbocycles. The van der Waals surface area contributed by atoms with Gasteiger partial charge in [-0.15, -0.1) is 0 Å². The highest BCUT2D eigenvalue weighted by molar-refractivity contribution is 9.10. The van der Waals surface area contributed by atoms with Gasteiger partial charge in [-0.05, 0) is 43.5 Å². The zero-order chi connectivity index (χ0) is 14.3. The van der Waals surface area contributed by atoms with E-state index in [1.165, 1.54) is 11.8 Å². The first-order chi connectivity index (χ1) is 8.90. The van der Waals surface area contributed by atoms with E-state index in [-0.39, 0.29) is 5.75 Å². The highest BCUT2D eigenvalue weighted by Gasteiger charge is 2.10. The summed E-state index contributed by atoms with van der Waals surface area (Å²) in [5, 5.41) is 3.43. The van der Waals surface area contributed by atoms with E-state index in [4.69, 9.17) is 0 Å². The molecule has 1 aromatic rings. The van der Waals surface area contributed by atoms with E-state index in [2.05, 4.69) is 40.3 Å². The first-order valence-electron chi connectivity index (χ1n) is 6.56. The summed E-state index contributed by atoms with van der Waals surface area (Å²) >= 11 is 3.47. The molecule has 0 saturated carbocycles. The molecule has 0 bridgehead atoms. The van der Waals surface area contributed by atoms with Crippen LogP contribution in [-0.2, 0) is 16.3 Å². The van der Waals surface area contributed by atoms with Crippen LogP contribution in [-0.4, -0.2) is 33.0 Å². The normalized spacial score (nSPS) is 13.4. The molecular formula is C14H22BrNO2S. The SMILES string of the molecule is CCNC(CCCS(C)(=O)=O)Cc1cccc(Br)c1. The quantitative estimate of drug-likeness (QED) is 0.786. The van der Waals surface area contributed by atoms with Gasteiger partial charge in [0.2, 0.25) is 0 Å². The van der Waals surface area contributed by atoms with E-state index >= 15 is 0 Å². The van der Waals surface area contributed by atoms with E-state index in [0.29, 0.717) is 12.5 Å². The lowest BCUT2D eigenvalue weighted by Crippen LogP contribution is -2.31. The van der Waals surface area contributed by atoms with Crippen LogP contribution in [0.15, 0.2) is 28.7 Å². The zero-order valence-corrected chi connectivity index (χ0v) is 13.9. The monoisotopic (exact) mass is 347 g/mol. The highest BCUT2D eigenvalue weighted by atomic mass is 79.9. The van der Waals surface area contributed by atoms with Gasteiger partial charge in [0.25, 0.3) is 0 Å². The van der Waals surface area contributed by atoms with Crippen molar-refractivity contribution >= 4 is 25.8 Å². The Balaban J connectivity index is 2.52. The van der Waals surface area contributed by atoms with Gasteiger partial charge in [0.15, 0.2) is 0 Å². The molecule has 0 saturated heterocycles. The summed E-state index contributed by atoms with van der Waals surface area (Å²) in [6, 6.07) is 8.59. The second kappa shape index (κ2) is 8.02. The maximum absolute atomic E-state index is 11.1. The summed E-state index contributed by atoms with van der Waals surface area (Å²) < 4.78 is 23.4. The molecule has 0 aliphatic rings. The van der Waals surface area contributed by atoms with Crippen LogP contribution in [0.2, 0.25) is 0 Å². The Morgan fingerprint density at radius 1 is 1.37 bits per heavy atom. The summed E-state index contributed by atoms with van der Waals surface area (Å²) in [4.78, 5) is 0. The Labute approximate surface area is 124 Å². The summed E-state index contributed by atoms with van der Waals surface area (Å²) in [6.07, 6.45) is 3.82. The fraction of sp³-hybridized carbons (Fsp3) is 0.571. The van der Waals surface area contributed by atoms with Crippen LogP contribution >= 0.6 is 15.9 Å². The molecule has 0 radical (unpaired) electrons. The van der Waals surface area contributed by atoms with Gasteiger partial charge in [-0.2, -0.15) is 0 Å². The standard InChI is InChI=1S/C14H22BrNO2S/c1-3-16-14(8-5-9-19(2,17)18)11-12-6-4-7-13(15)10-12/h4,6-7,10,14,16H,3,5,8-9,11H2,1-2H3. The van der Waals surface area contributed by atoms with Crippen molar-refractivity contribution < 1.29 is 8.42 Å². The maximum Gasteiger partial charge on any atom is 0.147 e. The fourth-order valence-corrected chi connectivity index (χ4v) is 3.24. The van der Waals surface area contributed by atoms with E-state index in [1.54, 1.807) is 0 Å². The highest BCUT2D eigenvalue weighted by Crippen LogP contribution is 2.14. The predicted molar refractivity (Wildman–Crippen MR) is 84.3 cm³/mol. The molecule has 0 spiro atoms. The lowest BCUT2D eigenvalue weighted by atomic mass is 10.0. The van der Waals surface area contributed by atoms with Crippen molar-refractivity contribution in [2.45, 2.75) is 32.2 Å². The van der Waals surface area contributed by atoms with Crippen molar-refractivity contribution in [3.05, 3.63) is 34.3 Å². The molecular weight excluding hydrogens is 326 g/mol. The molecule has 19 heavy (non-hydrogen) atoms. The average molecular weight is 348 g/mol. The second-order valence-electron chi connectivity index (χ2n) is 4.86. The van der Waals surface area contributed by atoms with Gasteiger partial charge in [-0.1, -0.05) is 35.0 Å². The molecule has 1 N–H and O–H groups in total. The number of rotatable bonds is 8. The number of likely N-dealkylation sites (N-methyl/N-ethyl adjacent to an activating group) is 1. The molecule has 0 fully saturated rings. The Hall–Kier alpha value is -0.390. The van der Waals surface area contributed by atoms with Crippen LogP contribution in [0.3, 0.4) is 0 Å². The van der Waals surface area contributed by atoms with Gasteiger partial charge in [0.05, 0.1) is 0 Å². The molecule has 1 atom stereocenters. The van der Waals surface area contributed by atoms with Crippen LogP contribution in [0.4, 0.5) is 0 Å². The average Bonchev–Trinajstić information content (AvgIpc) is 2.27. The Bertz CT molecular complexity index is 488. The number of halogens is 1. The Kier molecular flexibility index (Phi) is 7.04. The van der Waals surface area contributed by atoms with Crippen molar-refractivity contribution in [1.82, 2.24) is 5.32 Å². The second-order valence-corrected chi connectivity index (χ2v) is 8.04. The van der Waals surface area contributed by atoms with Crippen molar-refractivity contribution in [1.29, 1.82) is 0 Å². The van der Waals surface area contributed by atoms with Gasteiger partial charge in [-0.3, -0.25) is 0 Å². The molecule has 1 aromatic carbocycles. The van der Waals surface area contributed by atoms with Crippen LogP contribution in [0.5, 0.6) is 0 Å². The third-order valence-corrected chi connectivity index (χ3v) is 4.46. The number of sulfone groups is 1. The smallest absolute Gasteiger partial charge is 0.147 e. The summed E-state index contributed by atoms with van der Waals surface area (Å²) in [5.41, 5.74) is 1.26. The van der Waals surface area contributed by atoms with E-state index in [0.717, 1.165) is 23.9 Å². The summed E-state index contributed by atoms with van der Waals surface area (Å²) in [7, 11) is -2.85. The number of hydrogen-bond donors (Lipinski definition) is 1. The van der Waals surface area contributed by atoms with Crippen molar-refractivity contribution in [2.75, 3.05) is 18.6 Å². The molecule has 0 amide bonds. The van der Waals surface area contributed by atoms with Gasteiger partial charge < -0.3 is 5.32 Å². The molecule has 108 valence electrons. The molecule has 5 heteroatoms. The molecule has 0 aliphatic heterocycles. The van der Waals surface area contributed by atoms with Crippen LogP contribution in [0.25, 0.3) is 0 Å². The Morgan fingerprint density at radius 3 is 2.68 bits per heavy atom. The summed E-state index contributed by atoms with van der Waals surface area (Å²) in [5.74, 6) is 0.271. The minimum Gasteiger partial charge on any atom is -0.314 e. The van der Waals surface area contributed by atoms with E-state index < -0.39 is 9.84 Å². The third-order valence-electron chi connectivity index (χ3n) is 2.93. The zero-order valence-electron chi connectivity index (χ0n) is 11.5. The van der Waals surface area contributed by atoms with Gasteiger partial charge >= 0.3 is 0 Å². The number of benzene rings is 1. The lowest BCUT2D eigenvalue weighted by molar-refractivity contribution is 0.484. The van der Waals surface area contributed by atoms with Crippen molar-refractivity contribution in [2.24, 2.45) is 0 Å². The minimum atomic E-state index is -2.85. The Morgan fingerprint density at radius 2 is 2.11 bits per heavy atom. The van der Waals surface area contributed by atoms with Crippen LogP contribution < -0.4 is 5.32 Å². The first-order valence-corrected chi connectivity index (χ1v) is 9.41. The lowest BCUT2D eigenvalue weighted by Gasteiger charge is -2.18. The minimum absolute atomic E-state index is 0.271. The number of hydrogen-bond acceptors (Lipinski definition) is 3. The largest absolute Gasteiger partial charge is 0.314 e. The first kappa shape index (κ1) is 16.7. The molecule has 1 unspecified atom stereocenters. The van der Waals surface area contributed by atoms with Crippen LogP contribution in [0.1, 0.15) is 25.3 Å². The number of nitrogens with one attached hydrogen (secondary N) is 1. The molecule has 1 rings (SSSR count). The van der Waals surface area contributed by atoms with Gasteiger partial charge in [0, 0.05) is 22.5 Å².